The van der Waals surface area contributed by atoms with E-state index in [1.165, 1.54) is 0 Å². The van der Waals surface area contributed by atoms with Gasteiger partial charge in [0.05, 0.1) is 12.1 Å². The molecular weight excluding hydrogens is 232 g/mol. The molecule has 0 atom stereocenters. The molecule has 2 rings (SSSR count). The molecule has 1 aromatic heterocycles. The third kappa shape index (κ3) is 3.82. The van der Waals surface area contributed by atoms with Crippen LogP contribution in [0.1, 0.15) is 12.1 Å². The van der Waals surface area contributed by atoms with Crippen LogP contribution in [0.4, 0.5) is 0 Å². The zero-order chi connectivity index (χ0) is 13.0. The molecule has 1 fully saturated rings. The summed E-state index contributed by atoms with van der Waals surface area (Å²) < 4.78 is 1.82. The van der Waals surface area contributed by atoms with Gasteiger partial charge in [-0.3, -0.25) is 14.4 Å². The fraction of sp³-hybridized carbons (Fsp3) is 0.667. The molecule has 0 radical (unpaired) electrons. The van der Waals surface area contributed by atoms with Gasteiger partial charge in [0.25, 0.3) is 0 Å². The molecule has 2 heterocycles. The Bertz CT molecular complexity index is 397. The molecule has 100 valence electrons. The Morgan fingerprint density at radius 1 is 1.33 bits per heavy atom. The summed E-state index contributed by atoms with van der Waals surface area (Å²) in [7, 11) is 1.92. The molecule has 1 N–H and O–H groups in total. The van der Waals surface area contributed by atoms with Gasteiger partial charge >= 0.3 is 5.97 Å². The normalized spacial score (nSPS) is 18.1. The highest BCUT2D eigenvalue weighted by molar-refractivity contribution is 5.66. The SMILES string of the molecule is Cn1ccc(CN2CCN(CCC(=O)O)CC2)n1. The average Bonchev–Trinajstić information content (AvgIpc) is 2.74. The average molecular weight is 252 g/mol. The van der Waals surface area contributed by atoms with Crippen LogP contribution in [-0.4, -0.2) is 63.4 Å². The molecule has 0 amide bonds. The van der Waals surface area contributed by atoms with Crippen molar-refractivity contribution in [2.24, 2.45) is 7.05 Å². The molecule has 1 aliphatic rings. The quantitative estimate of drug-likeness (QED) is 0.800. The molecule has 1 saturated heterocycles. The van der Waals surface area contributed by atoms with Crippen molar-refractivity contribution in [3.63, 3.8) is 0 Å². The standard InChI is InChI=1S/C12H20N4O2/c1-14-4-2-11(13-14)10-16-8-6-15(7-9-16)5-3-12(17)18/h2,4H,3,5-10H2,1H3,(H,17,18). The third-order valence-electron chi connectivity index (χ3n) is 3.26. The van der Waals surface area contributed by atoms with Crippen molar-refractivity contribution in [2.75, 3.05) is 32.7 Å². The number of aromatic nitrogens is 2. The summed E-state index contributed by atoms with van der Waals surface area (Å²) in [6.07, 6.45) is 2.19. The lowest BCUT2D eigenvalue weighted by molar-refractivity contribution is -0.137. The molecule has 0 aromatic carbocycles. The molecular formula is C12H20N4O2. The highest BCUT2D eigenvalue weighted by Crippen LogP contribution is 2.07. The zero-order valence-electron chi connectivity index (χ0n) is 10.7. The highest BCUT2D eigenvalue weighted by atomic mass is 16.4. The van der Waals surface area contributed by atoms with Crippen LogP contribution in [0.5, 0.6) is 0 Å². The van der Waals surface area contributed by atoms with E-state index in [0.29, 0.717) is 6.54 Å². The molecule has 0 bridgehead atoms. The van der Waals surface area contributed by atoms with Gasteiger partial charge in [-0.05, 0) is 6.07 Å². The number of piperazine rings is 1. The Hall–Kier alpha value is -1.40. The maximum Gasteiger partial charge on any atom is 0.304 e. The van der Waals surface area contributed by atoms with E-state index in [-0.39, 0.29) is 6.42 Å². The Labute approximate surface area is 107 Å². The van der Waals surface area contributed by atoms with Crippen LogP contribution < -0.4 is 0 Å². The number of nitrogens with zero attached hydrogens (tertiary/aromatic N) is 4. The molecule has 0 spiro atoms. The number of hydrogen-bond donors (Lipinski definition) is 1. The second-order valence-corrected chi connectivity index (χ2v) is 4.74. The number of rotatable bonds is 5. The van der Waals surface area contributed by atoms with Gasteiger partial charge in [-0.2, -0.15) is 5.10 Å². The second kappa shape index (κ2) is 5.97. The van der Waals surface area contributed by atoms with Crippen LogP contribution in [0.25, 0.3) is 0 Å². The number of carbonyl (C=O) groups is 1. The molecule has 1 aliphatic heterocycles. The molecule has 0 unspecified atom stereocenters. The Kier molecular flexibility index (Phi) is 4.33. The van der Waals surface area contributed by atoms with E-state index in [2.05, 4.69) is 14.9 Å². The summed E-state index contributed by atoms with van der Waals surface area (Å²) in [6, 6.07) is 2.04. The topological polar surface area (TPSA) is 61.6 Å². The first kappa shape index (κ1) is 13.0. The van der Waals surface area contributed by atoms with Crippen LogP contribution in [-0.2, 0) is 18.4 Å². The fourth-order valence-corrected chi connectivity index (χ4v) is 2.20. The minimum atomic E-state index is -0.717. The van der Waals surface area contributed by atoms with Crippen molar-refractivity contribution in [3.05, 3.63) is 18.0 Å². The van der Waals surface area contributed by atoms with E-state index in [9.17, 15) is 4.79 Å². The molecule has 1 aromatic rings. The van der Waals surface area contributed by atoms with Crippen LogP contribution in [0.3, 0.4) is 0 Å². The second-order valence-electron chi connectivity index (χ2n) is 4.74. The molecule has 0 aliphatic carbocycles. The molecule has 6 heteroatoms. The summed E-state index contributed by atoms with van der Waals surface area (Å²) in [5.41, 5.74) is 1.09. The van der Waals surface area contributed by atoms with Crippen molar-refractivity contribution < 1.29 is 9.90 Å². The van der Waals surface area contributed by atoms with Crippen molar-refractivity contribution in [3.8, 4) is 0 Å². The van der Waals surface area contributed by atoms with E-state index < -0.39 is 5.97 Å². The first-order valence-corrected chi connectivity index (χ1v) is 6.28. The van der Waals surface area contributed by atoms with Gasteiger partial charge in [0, 0.05) is 52.5 Å². The summed E-state index contributed by atoms with van der Waals surface area (Å²) in [4.78, 5) is 15.1. The Balaban J connectivity index is 1.71. The lowest BCUT2D eigenvalue weighted by Gasteiger charge is -2.33. The van der Waals surface area contributed by atoms with Gasteiger partial charge in [0.1, 0.15) is 0 Å². The van der Waals surface area contributed by atoms with Crippen molar-refractivity contribution in [1.82, 2.24) is 19.6 Å². The van der Waals surface area contributed by atoms with Crippen LogP contribution in [0.15, 0.2) is 12.3 Å². The number of aryl methyl sites for hydroxylation is 1. The monoisotopic (exact) mass is 252 g/mol. The van der Waals surface area contributed by atoms with E-state index in [4.69, 9.17) is 5.11 Å². The summed E-state index contributed by atoms with van der Waals surface area (Å²) in [6.45, 7) is 5.40. The van der Waals surface area contributed by atoms with Crippen molar-refractivity contribution in [1.29, 1.82) is 0 Å². The third-order valence-corrected chi connectivity index (χ3v) is 3.26. The largest absolute Gasteiger partial charge is 0.481 e. The lowest BCUT2D eigenvalue weighted by atomic mass is 10.2. The van der Waals surface area contributed by atoms with E-state index >= 15 is 0 Å². The number of aliphatic carboxylic acids is 1. The minimum absolute atomic E-state index is 0.236. The molecule has 18 heavy (non-hydrogen) atoms. The van der Waals surface area contributed by atoms with Gasteiger partial charge in [0.2, 0.25) is 0 Å². The maximum atomic E-state index is 10.5. The Morgan fingerprint density at radius 3 is 2.56 bits per heavy atom. The van der Waals surface area contributed by atoms with Crippen LogP contribution in [0.2, 0.25) is 0 Å². The fourth-order valence-electron chi connectivity index (χ4n) is 2.20. The summed E-state index contributed by atoms with van der Waals surface area (Å²) >= 11 is 0. The number of hydrogen-bond acceptors (Lipinski definition) is 4. The zero-order valence-corrected chi connectivity index (χ0v) is 10.7. The summed E-state index contributed by atoms with van der Waals surface area (Å²) in [5.74, 6) is -0.717. The van der Waals surface area contributed by atoms with Gasteiger partial charge in [0.15, 0.2) is 0 Å². The van der Waals surface area contributed by atoms with E-state index in [1.54, 1.807) is 0 Å². The minimum Gasteiger partial charge on any atom is -0.481 e. The van der Waals surface area contributed by atoms with Gasteiger partial charge in [-0.25, -0.2) is 0 Å². The smallest absolute Gasteiger partial charge is 0.304 e. The Morgan fingerprint density at radius 2 is 2.00 bits per heavy atom. The molecule has 6 nitrogen and oxygen atoms in total. The van der Waals surface area contributed by atoms with Crippen molar-refractivity contribution >= 4 is 5.97 Å². The van der Waals surface area contributed by atoms with Gasteiger partial charge in [-0.1, -0.05) is 0 Å². The number of carboxylic acids is 1. The highest BCUT2D eigenvalue weighted by Gasteiger charge is 2.17. The van der Waals surface area contributed by atoms with Gasteiger partial charge < -0.3 is 10.0 Å². The van der Waals surface area contributed by atoms with Crippen LogP contribution in [0, 0.1) is 0 Å². The van der Waals surface area contributed by atoms with Crippen molar-refractivity contribution in [2.45, 2.75) is 13.0 Å². The van der Waals surface area contributed by atoms with E-state index in [1.807, 2.05) is 24.0 Å². The number of carboxylic acid groups (broad SMARTS) is 1. The predicted molar refractivity (Wildman–Crippen MR) is 67.2 cm³/mol. The van der Waals surface area contributed by atoms with Crippen LogP contribution >= 0.6 is 0 Å². The summed E-state index contributed by atoms with van der Waals surface area (Å²) in [5, 5.41) is 13.0. The first-order chi connectivity index (χ1) is 8.63. The van der Waals surface area contributed by atoms with Gasteiger partial charge in [-0.15, -0.1) is 0 Å². The van der Waals surface area contributed by atoms with E-state index in [0.717, 1.165) is 38.4 Å². The maximum absolute atomic E-state index is 10.5. The lowest BCUT2D eigenvalue weighted by Crippen LogP contribution is -2.46. The molecule has 0 saturated carbocycles. The predicted octanol–water partition coefficient (Wildman–Crippen LogP) is 0.0124. The first-order valence-electron chi connectivity index (χ1n) is 6.28.